The molecule has 0 spiro atoms. The summed E-state index contributed by atoms with van der Waals surface area (Å²) in [5, 5.41) is 12.3. The third kappa shape index (κ3) is 3.39. The molecule has 2 N–H and O–H groups in total. The van der Waals surface area contributed by atoms with Crippen LogP contribution in [0.25, 0.3) is 0 Å². The third-order valence-electron chi connectivity index (χ3n) is 5.76. The molecular formula is C16H26N2O3. The van der Waals surface area contributed by atoms with Crippen LogP contribution in [0.15, 0.2) is 0 Å². The highest BCUT2D eigenvalue weighted by Gasteiger charge is 2.39. The molecule has 3 aliphatic rings. The summed E-state index contributed by atoms with van der Waals surface area (Å²) in [4.78, 5) is 24.8. The zero-order valence-corrected chi connectivity index (χ0v) is 12.6. The Balaban J connectivity index is 1.34. The summed E-state index contributed by atoms with van der Waals surface area (Å²) < 4.78 is 0. The number of carbonyl (C=O) groups excluding carboxylic acids is 1. The van der Waals surface area contributed by atoms with Gasteiger partial charge in [-0.15, -0.1) is 0 Å². The minimum Gasteiger partial charge on any atom is -0.481 e. The highest BCUT2D eigenvalue weighted by atomic mass is 16.4. The average Bonchev–Trinajstić information content (AvgIpc) is 3.10. The molecular weight excluding hydrogens is 268 g/mol. The third-order valence-corrected chi connectivity index (χ3v) is 5.76. The average molecular weight is 294 g/mol. The molecule has 3 rings (SSSR count). The number of nitrogens with one attached hydrogen (secondary N) is 1. The number of nitrogens with zero attached hydrogens (tertiary/aromatic N) is 1. The zero-order chi connectivity index (χ0) is 14.8. The lowest BCUT2D eigenvalue weighted by molar-refractivity contribution is -0.145. The Hall–Kier alpha value is -1.10. The molecule has 1 saturated heterocycles. The second-order valence-electron chi connectivity index (χ2n) is 7.06. The fourth-order valence-electron chi connectivity index (χ4n) is 4.48. The summed E-state index contributed by atoms with van der Waals surface area (Å²) in [6.45, 7) is 2.56. The molecule has 21 heavy (non-hydrogen) atoms. The van der Waals surface area contributed by atoms with Crippen LogP contribution in [0.2, 0.25) is 0 Å². The topological polar surface area (TPSA) is 69.6 Å². The Morgan fingerprint density at radius 2 is 1.86 bits per heavy atom. The first-order valence-corrected chi connectivity index (χ1v) is 8.34. The number of hydrogen-bond acceptors (Lipinski definition) is 3. The van der Waals surface area contributed by atoms with Crippen molar-refractivity contribution in [3.05, 3.63) is 0 Å². The maximum Gasteiger partial charge on any atom is 0.306 e. The van der Waals surface area contributed by atoms with Crippen molar-refractivity contribution in [1.29, 1.82) is 0 Å². The Kier molecular flexibility index (Phi) is 4.48. The van der Waals surface area contributed by atoms with Gasteiger partial charge in [-0.2, -0.15) is 0 Å². The van der Waals surface area contributed by atoms with Crippen LogP contribution in [0.4, 0.5) is 0 Å². The molecule has 3 fully saturated rings. The van der Waals surface area contributed by atoms with Gasteiger partial charge in [-0.3, -0.25) is 9.59 Å². The molecule has 3 atom stereocenters. The fraction of sp³-hybridized carbons (Fsp3) is 0.875. The van der Waals surface area contributed by atoms with E-state index in [1.807, 2.05) is 4.90 Å². The number of piperidine rings is 1. The molecule has 2 bridgehead atoms. The molecule has 5 heteroatoms. The minimum absolute atomic E-state index is 0.127. The predicted octanol–water partition coefficient (Wildman–Crippen LogP) is 1.34. The summed E-state index contributed by atoms with van der Waals surface area (Å²) in [6, 6.07) is 0. The van der Waals surface area contributed by atoms with E-state index in [-0.39, 0.29) is 11.8 Å². The number of carbonyl (C=O) groups is 2. The van der Waals surface area contributed by atoms with Crippen LogP contribution in [-0.4, -0.2) is 48.1 Å². The Morgan fingerprint density at radius 3 is 2.43 bits per heavy atom. The molecule has 3 unspecified atom stereocenters. The van der Waals surface area contributed by atoms with Crippen molar-refractivity contribution in [2.75, 3.05) is 26.2 Å². The molecule has 2 saturated carbocycles. The van der Waals surface area contributed by atoms with Gasteiger partial charge in [0.1, 0.15) is 0 Å². The van der Waals surface area contributed by atoms with Crippen LogP contribution in [0.5, 0.6) is 0 Å². The number of carboxylic acids is 1. The lowest BCUT2D eigenvalue weighted by atomic mass is 9.89. The Bertz CT molecular complexity index is 404. The first-order valence-electron chi connectivity index (χ1n) is 8.34. The number of fused-ring (bicyclic) bond motifs is 2. The van der Waals surface area contributed by atoms with E-state index < -0.39 is 5.97 Å². The molecule has 5 nitrogen and oxygen atoms in total. The van der Waals surface area contributed by atoms with Gasteiger partial charge in [0.2, 0.25) is 5.91 Å². The molecule has 0 radical (unpaired) electrons. The summed E-state index contributed by atoms with van der Waals surface area (Å²) in [5.74, 6) is 1.75. The van der Waals surface area contributed by atoms with Crippen LogP contribution in [-0.2, 0) is 9.59 Å². The zero-order valence-electron chi connectivity index (χ0n) is 12.6. The van der Waals surface area contributed by atoms with Gasteiger partial charge < -0.3 is 15.3 Å². The normalized spacial score (nSPS) is 32.6. The number of aliphatic carboxylic acids is 1. The molecule has 118 valence electrons. The summed E-state index contributed by atoms with van der Waals surface area (Å²) >= 11 is 0. The van der Waals surface area contributed by atoms with Crippen molar-refractivity contribution in [1.82, 2.24) is 10.2 Å². The van der Waals surface area contributed by atoms with Crippen molar-refractivity contribution in [3.63, 3.8) is 0 Å². The number of likely N-dealkylation sites (tertiary alicyclic amines) is 1. The summed E-state index contributed by atoms with van der Waals surface area (Å²) in [6.07, 6.45) is 6.73. The first-order chi connectivity index (χ1) is 10.1. The van der Waals surface area contributed by atoms with Gasteiger partial charge in [-0.05, 0) is 56.4 Å². The molecule has 0 aromatic carbocycles. The van der Waals surface area contributed by atoms with E-state index in [0.29, 0.717) is 32.5 Å². The number of carboxylic acid groups (broad SMARTS) is 1. The monoisotopic (exact) mass is 294 g/mol. The summed E-state index contributed by atoms with van der Waals surface area (Å²) in [5.41, 5.74) is 0. The van der Waals surface area contributed by atoms with Crippen LogP contribution >= 0.6 is 0 Å². The van der Waals surface area contributed by atoms with Gasteiger partial charge in [-0.1, -0.05) is 6.42 Å². The second kappa shape index (κ2) is 6.34. The van der Waals surface area contributed by atoms with Crippen LogP contribution < -0.4 is 5.32 Å². The standard InChI is InChI=1S/C16H26N2O3/c19-15(18-5-3-12(4-6-18)16(20)21)10-17-9-14-8-11-1-2-13(14)7-11/h11-14,17H,1-10H2,(H,20,21). The molecule has 2 aliphatic carbocycles. The minimum atomic E-state index is -0.725. The largest absolute Gasteiger partial charge is 0.481 e. The van der Waals surface area contributed by atoms with Crippen molar-refractivity contribution in [2.45, 2.75) is 38.5 Å². The molecule has 1 aliphatic heterocycles. The lowest BCUT2D eigenvalue weighted by Gasteiger charge is -2.30. The van der Waals surface area contributed by atoms with E-state index in [9.17, 15) is 9.59 Å². The van der Waals surface area contributed by atoms with Crippen LogP contribution in [0.3, 0.4) is 0 Å². The van der Waals surface area contributed by atoms with Crippen molar-refractivity contribution >= 4 is 11.9 Å². The first kappa shape index (κ1) is 14.8. The second-order valence-corrected chi connectivity index (χ2v) is 7.06. The number of amides is 1. The highest BCUT2D eigenvalue weighted by Crippen LogP contribution is 2.47. The van der Waals surface area contributed by atoms with Crippen LogP contribution in [0.1, 0.15) is 38.5 Å². The van der Waals surface area contributed by atoms with Gasteiger partial charge >= 0.3 is 5.97 Å². The lowest BCUT2D eigenvalue weighted by Crippen LogP contribution is -2.44. The van der Waals surface area contributed by atoms with E-state index in [1.165, 1.54) is 25.7 Å². The van der Waals surface area contributed by atoms with E-state index >= 15 is 0 Å². The fourth-order valence-corrected chi connectivity index (χ4v) is 4.48. The number of rotatable bonds is 5. The molecule has 1 heterocycles. The van der Waals surface area contributed by atoms with Gasteiger partial charge in [0.15, 0.2) is 0 Å². The maximum atomic E-state index is 12.1. The van der Waals surface area contributed by atoms with E-state index in [4.69, 9.17) is 5.11 Å². The molecule has 0 aromatic heterocycles. The smallest absolute Gasteiger partial charge is 0.306 e. The quantitative estimate of drug-likeness (QED) is 0.803. The van der Waals surface area contributed by atoms with Gasteiger partial charge in [0.05, 0.1) is 12.5 Å². The van der Waals surface area contributed by atoms with Crippen molar-refractivity contribution < 1.29 is 14.7 Å². The van der Waals surface area contributed by atoms with Crippen LogP contribution in [0, 0.1) is 23.7 Å². The number of hydrogen-bond donors (Lipinski definition) is 2. The van der Waals surface area contributed by atoms with E-state index in [0.717, 1.165) is 24.3 Å². The predicted molar refractivity (Wildman–Crippen MR) is 78.7 cm³/mol. The van der Waals surface area contributed by atoms with Gasteiger partial charge in [-0.25, -0.2) is 0 Å². The molecule has 1 amide bonds. The van der Waals surface area contributed by atoms with Gasteiger partial charge in [0.25, 0.3) is 0 Å². The van der Waals surface area contributed by atoms with Gasteiger partial charge in [0, 0.05) is 13.1 Å². The van der Waals surface area contributed by atoms with E-state index in [2.05, 4.69) is 5.32 Å². The summed E-state index contributed by atoms with van der Waals surface area (Å²) in [7, 11) is 0. The molecule has 0 aromatic rings. The van der Waals surface area contributed by atoms with E-state index in [1.54, 1.807) is 0 Å². The van der Waals surface area contributed by atoms with Crippen molar-refractivity contribution in [2.24, 2.45) is 23.7 Å². The highest BCUT2D eigenvalue weighted by molar-refractivity contribution is 5.78. The van der Waals surface area contributed by atoms with Crippen molar-refractivity contribution in [3.8, 4) is 0 Å². The SMILES string of the molecule is O=C(O)C1CCN(C(=O)CNCC2CC3CCC2C3)CC1. The Labute approximate surface area is 126 Å². The Morgan fingerprint density at radius 1 is 1.10 bits per heavy atom. The maximum absolute atomic E-state index is 12.1.